The molecule has 1 aromatic rings. The molecule has 0 unspecified atom stereocenters. The second-order valence-corrected chi connectivity index (χ2v) is 5.85. The summed E-state index contributed by atoms with van der Waals surface area (Å²) in [6, 6.07) is 6.41. The van der Waals surface area contributed by atoms with Crippen LogP contribution < -0.4 is 10.5 Å². The van der Waals surface area contributed by atoms with Crippen LogP contribution in [-0.2, 0) is 9.59 Å². The van der Waals surface area contributed by atoms with Crippen LogP contribution >= 0.6 is 11.8 Å². The molecule has 3 amide bonds. The van der Waals surface area contributed by atoms with Gasteiger partial charge in [-0.3, -0.25) is 19.3 Å². The fraction of sp³-hybridized carbons (Fsp3) is 0.188. The van der Waals surface area contributed by atoms with Gasteiger partial charge >= 0.3 is 0 Å². The van der Waals surface area contributed by atoms with Gasteiger partial charge in [-0.05, 0) is 42.5 Å². The molecule has 6 nitrogen and oxygen atoms in total. The summed E-state index contributed by atoms with van der Waals surface area (Å²) in [6.45, 7) is 5.14. The van der Waals surface area contributed by atoms with Crippen molar-refractivity contribution in [2.45, 2.75) is 13.0 Å². The predicted molar refractivity (Wildman–Crippen MR) is 88.6 cm³/mol. The topological polar surface area (TPSA) is 89.7 Å². The van der Waals surface area contributed by atoms with E-state index in [2.05, 4.69) is 6.58 Å². The van der Waals surface area contributed by atoms with Gasteiger partial charge in [-0.1, -0.05) is 18.2 Å². The maximum atomic E-state index is 12.3. The van der Waals surface area contributed by atoms with Gasteiger partial charge in [0.1, 0.15) is 5.75 Å². The highest BCUT2D eigenvalue weighted by Crippen LogP contribution is 2.33. The number of ether oxygens (including phenoxy) is 1. The molecule has 1 fully saturated rings. The zero-order chi connectivity index (χ0) is 17.0. The van der Waals surface area contributed by atoms with Gasteiger partial charge in [-0.2, -0.15) is 0 Å². The number of hydrogen-bond acceptors (Lipinski definition) is 5. The van der Waals surface area contributed by atoms with Crippen molar-refractivity contribution in [3.8, 4) is 5.75 Å². The third-order valence-corrected chi connectivity index (χ3v) is 4.01. The first-order valence-electron chi connectivity index (χ1n) is 6.83. The minimum Gasteiger partial charge on any atom is -0.484 e. The average Bonchev–Trinajstić information content (AvgIpc) is 2.80. The number of primary amides is 1. The summed E-state index contributed by atoms with van der Waals surface area (Å²) >= 11 is 0.897. The summed E-state index contributed by atoms with van der Waals surface area (Å²) in [5.74, 6) is -0.394. The lowest BCUT2D eigenvalue weighted by molar-refractivity contribution is -0.123. The van der Waals surface area contributed by atoms with Gasteiger partial charge in [0.05, 0.1) is 10.9 Å². The minimum absolute atomic E-state index is 0.197. The Morgan fingerprint density at radius 3 is 2.61 bits per heavy atom. The first kappa shape index (κ1) is 16.8. The lowest BCUT2D eigenvalue weighted by Crippen LogP contribution is -2.35. The van der Waals surface area contributed by atoms with Crippen molar-refractivity contribution in [2.24, 2.45) is 5.73 Å². The number of hydrogen-bond donors (Lipinski definition) is 1. The molecule has 1 saturated heterocycles. The molecule has 0 aliphatic carbocycles. The number of carbonyl (C=O) groups excluding carboxylic acids is 3. The van der Waals surface area contributed by atoms with E-state index in [0.29, 0.717) is 10.7 Å². The number of nitrogens with zero attached hydrogens (tertiary/aromatic N) is 1. The highest BCUT2D eigenvalue weighted by atomic mass is 32.2. The van der Waals surface area contributed by atoms with Crippen LogP contribution in [0.4, 0.5) is 4.79 Å². The Morgan fingerprint density at radius 2 is 2.04 bits per heavy atom. The second-order valence-electron chi connectivity index (χ2n) is 4.85. The standard InChI is InChI=1S/C16H16N2O4S/c1-3-10(2)18-15(20)13(23-16(18)21)8-11-4-6-12(7-5-11)22-9-14(17)19/h3-8,10H,1,9H2,2H3,(H2,17,19)/b13-8-/t10-/m1/s1. The molecule has 0 radical (unpaired) electrons. The lowest BCUT2D eigenvalue weighted by Gasteiger charge is -2.17. The molecule has 0 aromatic heterocycles. The fourth-order valence-corrected chi connectivity index (χ4v) is 2.82. The fourth-order valence-electron chi connectivity index (χ4n) is 1.90. The Bertz CT molecular complexity index is 682. The number of benzene rings is 1. The third-order valence-electron chi connectivity index (χ3n) is 3.13. The number of rotatable bonds is 6. The molecule has 1 aliphatic rings. The zero-order valence-corrected chi connectivity index (χ0v) is 13.3. The smallest absolute Gasteiger partial charge is 0.294 e. The van der Waals surface area contributed by atoms with Crippen molar-refractivity contribution in [3.63, 3.8) is 0 Å². The maximum Gasteiger partial charge on any atom is 0.294 e. The van der Waals surface area contributed by atoms with E-state index in [-0.39, 0.29) is 23.8 Å². The van der Waals surface area contributed by atoms with Crippen LogP contribution in [0.5, 0.6) is 5.75 Å². The summed E-state index contributed by atoms with van der Waals surface area (Å²) in [7, 11) is 0. The van der Waals surface area contributed by atoms with Crippen molar-refractivity contribution in [1.82, 2.24) is 4.90 Å². The van der Waals surface area contributed by atoms with Gasteiger partial charge in [0.2, 0.25) is 0 Å². The van der Waals surface area contributed by atoms with Gasteiger partial charge in [0.25, 0.3) is 17.1 Å². The molecular weight excluding hydrogens is 316 g/mol. The predicted octanol–water partition coefficient (Wildman–Crippen LogP) is 2.16. The van der Waals surface area contributed by atoms with Gasteiger partial charge in [0, 0.05) is 0 Å². The minimum atomic E-state index is -0.556. The Balaban J connectivity index is 2.13. The van der Waals surface area contributed by atoms with Crippen LogP contribution in [0.3, 0.4) is 0 Å². The van der Waals surface area contributed by atoms with E-state index in [0.717, 1.165) is 17.3 Å². The lowest BCUT2D eigenvalue weighted by atomic mass is 10.2. The second kappa shape index (κ2) is 7.15. The Labute approximate surface area is 138 Å². The van der Waals surface area contributed by atoms with Crippen LogP contribution in [0.1, 0.15) is 12.5 Å². The molecule has 0 saturated carbocycles. The van der Waals surface area contributed by atoms with Crippen LogP contribution in [0.2, 0.25) is 0 Å². The van der Waals surface area contributed by atoms with Gasteiger partial charge in [-0.25, -0.2) is 0 Å². The summed E-state index contributed by atoms with van der Waals surface area (Å²) in [5, 5.41) is -0.310. The molecule has 1 aliphatic heterocycles. The Hall–Kier alpha value is -2.54. The van der Waals surface area contributed by atoms with Crippen molar-refractivity contribution in [1.29, 1.82) is 0 Å². The first-order valence-corrected chi connectivity index (χ1v) is 7.65. The summed E-state index contributed by atoms with van der Waals surface area (Å²) in [5.41, 5.74) is 5.74. The molecule has 2 N–H and O–H groups in total. The third kappa shape index (κ3) is 4.01. The van der Waals surface area contributed by atoms with Crippen LogP contribution in [-0.4, -0.2) is 34.6 Å². The summed E-state index contributed by atoms with van der Waals surface area (Å²) < 4.78 is 5.15. The van der Waals surface area contributed by atoms with Gasteiger partial charge < -0.3 is 10.5 Å². The van der Waals surface area contributed by atoms with Crippen molar-refractivity contribution < 1.29 is 19.1 Å². The quantitative estimate of drug-likeness (QED) is 0.637. The molecule has 1 atom stereocenters. The van der Waals surface area contributed by atoms with Crippen LogP contribution in [0.15, 0.2) is 41.8 Å². The van der Waals surface area contributed by atoms with Crippen molar-refractivity contribution >= 4 is 34.9 Å². The molecule has 120 valence electrons. The van der Waals surface area contributed by atoms with E-state index in [1.165, 1.54) is 4.90 Å². The number of imide groups is 1. The molecule has 7 heteroatoms. The zero-order valence-electron chi connectivity index (χ0n) is 12.5. The SMILES string of the molecule is C=C[C@@H](C)N1C(=O)S/C(=C\c2ccc(OCC(N)=O)cc2)C1=O. The first-order chi connectivity index (χ1) is 10.9. The molecule has 0 spiro atoms. The van der Waals surface area contributed by atoms with Gasteiger partial charge in [0.15, 0.2) is 6.61 Å². The van der Waals surface area contributed by atoms with E-state index in [1.54, 1.807) is 43.3 Å². The molecule has 23 heavy (non-hydrogen) atoms. The van der Waals surface area contributed by atoms with Crippen molar-refractivity contribution in [3.05, 3.63) is 47.4 Å². The summed E-state index contributed by atoms with van der Waals surface area (Å²) in [4.78, 5) is 36.3. The van der Waals surface area contributed by atoms with Gasteiger partial charge in [-0.15, -0.1) is 6.58 Å². The Kier molecular flexibility index (Phi) is 5.23. The molecule has 2 rings (SSSR count). The monoisotopic (exact) mass is 332 g/mol. The number of thioether (sulfide) groups is 1. The Morgan fingerprint density at radius 1 is 1.39 bits per heavy atom. The normalized spacial score (nSPS) is 17.4. The van der Waals surface area contributed by atoms with Crippen LogP contribution in [0.25, 0.3) is 6.08 Å². The van der Waals surface area contributed by atoms with Crippen LogP contribution in [0, 0.1) is 0 Å². The highest BCUT2D eigenvalue weighted by molar-refractivity contribution is 8.18. The number of carbonyl (C=O) groups is 3. The number of amides is 3. The van der Waals surface area contributed by atoms with E-state index in [9.17, 15) is 14.4 Å². The average molecular weight is 332 g/mol. The van der Waals surface area contributed by atoms with E-state index in [1.807, 2.05) is 0 Å². The van der Waals surface area contributed by atoms with Crippen molar-refractivity contribution in [2.75, 3.05) is 6.61 Å². The van der Waals surface area contributed by atoms with E-state index in [4.69, 9.17) is 10.5 Å². The highest BCUT2D eigenvalue weighted by Gasteiger charge is 2.37. The summed E-state index contributed by atoms with van der Waals surface area (Å²) in [6.07, 6.45) is 3.18. The number of nitrogens with two attached hydrogens (primary N) is 1. The van der Waals surface area contributed by atoms with E-state index >= 15 is 0 Å². The maximum absolute atomic E-state index is 12.3. The molecule has 0 bridgehead atoms. The molecular formula is C16H16N2O4S. The molecule has 1 heterocycles. The largest absolute Gasteiger partial charge is 0.484 e. The van der Waals surface area contributed by atoms with E-state index < -0.39 is 5.91 Å². The molecule has 1 aromatic carbocycles.